The summed E-state index contributed by atoms with van der Waals surface area (Å²) in [6, 6.07) is 3.31. The number of alkyl carbamates (subject to hydrolysis) is 1. The molecule has 0 bridgehead atoms. The molecule has 1 amide bonds. The number of halogens is 1. The summed E-state index contributed by atoms with van der Waals surface area (Å²) >= 11 is 0. The summed E-state index contributed by atoms with van der Waals surface area (Å²) in [4.78, 5) is 23.3. The molecule has 1 aromatic heterocycles. The van der Waals surface area contributed by atoms with E-state index in [0.29, 0.717) is 29.2 Å². The number of benzene rings is 1. The molecule has 0 unspecified atom stereocenters. The van der Waals surface area contributed by atoms with Gasteiger partial charge in [0.05, 0.1) is 0 Å². The number of ether oxygens (including phenoxy) is 1. The summed E-state index contributed by atoms with van der Waals surface area (Å²) in [7, 11) is 0. The first-order valence-corrected chi connectivity index (χ1v) is 11.2. The van der Waals surface area contributed by atoms with Crippen LogP contribution >= 0.6 is 0 Å². The lowest BCUT2D eigenvalue weighted by Crippen LogP contribution is -2.42. The van der Waals surface area contributed by atoms with E-state index in [1.807, 2.05) is 27.7 Å². The van der Waals surface area contributed by atoms with Crippen molar-refractivity contribution in [2.45, 2.75) is 84.4 Å². The average Bonchev–Trinajstić information content (AvgIpc) is 3.13. The third-order valence-corrected chi connectivity index (χ3v) is 5.82. The second kappa shape index (κ2) is 9.75. The molecular weight excluding hydrogens is 415 g/mol. The molecule has 0 spiro atoms. The highest BCUT2D eigenvalue weighted by molar-refractivity contribution is 5.68. The van der Waals surface area contributed by atoms with Crippen LogP contribution < -0.4 is 16.4 Å². The van der Waals surface area contributed by atoms with E-state index in [4.69, 9.17) is 9.15 Å². The van der Waals surface area contributed by atoms with Crippen molar-refractivity contribution in [1.82, 2.24) is 15.5 Å². The Morgan fingerprint density at radius 2 is 2.00 bits per heavy atom. The van der Waals surface area contributed by atoms with Crippen molar-refractivity contribution >= 4 is 11.8 Å². The number of carbonyl (C=O) groups is 1. The maximum Gasteiger partial charge on any atom is 0.434 e. The minimum absolute atomic E-state index is 0.0565. The van der Waals surface area contributed by atoms with Gasteiger partial charge in [-0.25, -0.2) is 19.1 Å². The molecule has 3 N–H and O–H groups in total. The molecule has 1 atom stereocenters. The van der Waals surface area contributed by atoms with Gasteiger partial charge in [-0.2, -0.15) is 0 Å². The molecule has 1 saturated carbocycles. The fourth-order valence-corrected chi connectivity index (χ4v) is 4.20. The van der Waals surface area contributed by atoms with Gasteiger partial charge in [0, 0.05) is 28.9 Å². The quantitative estimate of drug-likeness (QED) is 0.595. The van der Waals surface area contributed by atoms with E-state index in [0.717, 1.165) is 25.7 Å². The molecule has 1 aliphatic rings. The minimum atomic E-state index is -0.681. The van der Waals surface area contributed by atoms with Crippen LogP contribution in [0.15, 0.2) is 21.3 Å². The first kappa shape index (κ1) is 23.8. The Kier molecular flexibility index (Phi) is 7.26. The first-order chi connectivity index (χ1) is 15.1. The van der Waals surface area contributed by atoms with Crippen LogP contribution in [0, 0.1) is 11.7 Å². The second-order valence-corrected chi connectivity index (χ2v) is 9.45. The molecule has 176 valence electrons. The van der Waals surface area contributed by atoms with Gasteiger partial charge in [0.25, 0.3) is 0 Å². The molecule has 1 fully saturated rings. The minimum Gasteiger partial charge on any atom is -0.444 e. The van der Waals surface area contributed by atoms with Gasteiger partial charge in [-0.15, -0.1) is 5.10 Å². The topological polar surface area (TPSA) is 109 Å². The van der Waals surface area contributed by atoms with Gasteiger partial charge < -0.3 is 19.8 Å². The van der Waals surface area contributed by atoms with E-state index >= 15 is 0 Å². The number of hydrogen-bond acceptors (Lipinski definition) is 6. The summed E-state index contributed by atoms with van der Waals surface area (Å²) < 4.78 is 25.1. The molecule has 9 heteroatoms. The van der Waals surface area contributed by atoms with Crippen molar-refractivity contribution in [3.05, 3.63) is 34.1 Å². The van der Waals surface area contributed by atoms with Crippen LogP contribution in [0.5, 0.6) is 0 Å². The Morgan fingerprint density at radius 1 is 1.31 bits per heavy atom. The summed E-state index contributed by atoms with van der Waals surface area (Å²) in [5.74, 6) is -0.609. The Morgan fingerprint density at radius 3 is 2.56 bits per heavy atom. The fraction of sp³-hybridized carbons (Fsp3) is 0.609. The normalized spacial score (nSPS) is 19.9. The zero-order chi connectivity index (χ0) is 23.5. The zero-order valence-corrected chi connectivity index (χ0v) is 19.4. The van der Waals surface area contributed by atoms with Gasteiger partial charge >= 0.3 is 11.8 Å². The van der Waals surface area contributed by atoms with Crippen molar-refractivity contribution in [1.29, 1.82) is 0 Å². The highest BCUT2D eigenvalue weighted by atomic mass is 19.1. The SMILES string of the molecule is CCc1c(F)cc(-c2n[nH]c(=O)o2)cc1N[C@@H](C)C1CCC(NC(=O)OC(C)(C)C)CC1. The van der Waals surface area contributed by atoms with Gasteiger partial charge in [0.2, 0.25) is 5.89 Å². The molecule has 0 aliphatic heterocycles. The summed E-state index contributed by atoms with van der Waals surface area (Å²) in [5, 5.41) is 12.4. The van der Waals surface area contributed by atoms with E-state index in [2.05, 4.69) is 27.8 Å². The third kappa shape index (κ3) is 6.11. The van der Waals surface area contributed by atoms with Crippen LogP contribution in [0.1, 0.15) is 65.9 Å². The summed E-state index contributed by atoms with van der Waals surface area (Å²) in [5.41, 5.74) is 1.14. The number of H-pyrrole nitrogens is 1. The molecule has 0 saturated heterocycles. The van der Waals surface area contributed by atoms with Crippen LogP contribution in [0.3, 0.4) is 0 Å². The van der Waals surface area contributed by atoms with E-state index < -0.39 is 11.4 Å². The summed E-state index contributed by atoms with van der Waals surface area (Å²) in [6.45, 7) is 9.53. The largest absolute Gasteiger partial charge is 0.444 e. The first-order valence-electron chi connectivity index (χ1n) is 11.2. The Labute approximate surface area is 187 Å². The molecule has 32 heavy (non-hydrogen) atoms. The van der Waals surface area contributed by atoms with E-state index in [-0.39, 0.29) is 29.9 Å². The van der Waals surface area contributed by atoms with Crippen LogP contribution in [-0.2, 0) is 11.2 Å². The number of nitrogens with one attached hydrogen (secondary N) is 3. The van der Waals surface area contributed by atoms with Crippen LogP contribution in [0.25, 0.3) is 11.5 Å². The number of aromatic nitrogens is 2. The molecule has 1 aromatic carbocycles. The van der Waals surface area contributed by atoms with E-state index in [1.54, 1.807) is 6.07 Å². The number of amides is 1. The van der Waals surface area contributed by atoms with Gasteiger partial charge in [-0.1, -0.05) is 6.92 Å². The Bertz CT molecular complexity index is 987. The lowest BCUT2D eigenvalue weighted by Gasteiger charge is -2.34. The number of rotatable bonds is 6. The molecular formula is C23H33FN4O4. The molecule has 1 heterocycles. The number of anilines is 1. The zero-order valence-electron chi connectivity index (χ0n) is 19.4. The van der Waals surface area contributed by atoms with E-state index in [9.17, 15) is 14.0 Å². The monoisotopic (exact) mass is 448 g/mol. The average molecular weight is 449 g/mol. The lowest BCUT2D eigenvalue weighted by atomic mass is 9.82. The van der Waals surface area contributed by atoms with Crippen molar-refractivity contribution in [2.24, 2.45) is 5.92 Å². The van der Waals surface area contributed by atoms with Crippen molar-refractivity contribution in [3.63, 3.8) is 0 Å². The third-order valence-electron chi connectivity index (χ3n) is 5.82. The van der Waals surface area contributed by atoms with E-state index in [1.165, 1.54) is 6.07 Å². The Hall–Kier alpha value is -2.84. The number of carbonyl (C=O) groups excluding carboxylic acids is 1. The summed E-state index contributed by atoms with van der Waals surface area (Å²) in [6.07, 6.45) is 3.75. The van der Waals surface area contributed by atoms with Crippen LogP contribution in [0.4, 0.5) is 14.9 Å². The van der Waals surface area contributed by atoms with Gasteiger partial charge in [0.15, 0.2) is 0 Å². The fourth-order valence-electron chi connectivity index (χ4n) is 4.20. The molecule has 8 nitrogen and oxygen atoms in total. The predicted molar refractivity (Wildman–Crippen MR) is 120 cm³/mol. The molecule has 1 aliphatic carbocycles. The maximum atomic E-state index is 14.7. The molecule has 0 radical (unpaired) electrons. The highest BCUT2D eigenvalue weighted by Gasteiger charge is 2.28. The lowest BCUT2D eigenvalue weighted by molar-refractivity contribution is 0.0486. The smallest absolute Gasteiger partial charge is 0.434 e. The van der Waals surface area contributed by atoms with Crippen LogP contribution in [0.2, 0.25) is 0 Å². The number of hydrogen-bond donors (Lipinski definition) is 3. The highest BCUT2D eigenvalue weighted by Crippen LogP contribution is 2.32. The number of nitrogens with zero attached hydrogens (tertiary/aromatic N) is 1. The molecule has 2 aromatic rings. The van der Waals surface area contributed by atoms with Gasteiger partial charge in [-0.05, 0) is 77.8 Å². The Balaban J connectivity index is 1.63. The van der Waals surface area contributed by atoms with Crippen molar-refractivity contribution in [2.75, 3.05) is 5.32 Å². The van der Waals surface area contributed by atoms with Gasteiger partial charge in [0.1, 0.15) is 11.4 Å². The number of aromatic amines is 1. The maximum absolute atomic E-state index is 14.7. The standard InChI is InChI=1S/C23H33FN4O4/c1-6-17-18(24)11-15(20-27-28-22(30)31-20)12-19(17)25-13(2)14-7-9-16(10-8-14)26-21(29)32-23(3,4)5/h11-14,16,25H,6-10H2,1-5H3,(H,26,29)(H,28,30)/t13-,14?,16?/m0/s1. The van der Waals surface area contributed by atoms with Crippen molar-refractivity contribution in [3.8, 4) is 11.5 Å². The van der Waals surface area contributed by atoms with Gasteiger partial charge in [-0.3, -0.25) is 0 Å². The second-order valence-electron chi connectivity index (χ2n) is 9.45. The van der Waals surface area contributed by atoms with Crippen molar-refractivity contribution < 1.29 is 18.3 Å². The predicted octanol–water partition coefficient (Wildman–Crippen LogP) is 4.62. The van der Waals surface area contributed by atoms with Crippen LogP contribution in [-0.4, -0.2) is 34.0 Å². The molecule has 3 rings (SSSR count).